The highest BCUT2D eigenvalue weighted by molar-refractivity contribution is 7.17. The summed E-state index contributed by atoms with van der Waals surface area (Å²) < 4.78 is 5.39. The lowest BCUT2D eigenvalue weighted by Crippen LogP contribution is -2.30. The van der Waals surface area contributed by atoms with Crippen LogP contribution in [0.3, 0.4) is 0 Å². The molecule has 0 unspecified atom stereocenters. The average molecular weight is 375 g/mol. The number of carbonyl (C=O) groups is 2. The standard InChI is InChI=1S/C18H21N3O4S/c1-3-13-15(26-18(19)20-13)16(22)21-8-11(12(9-21)17(23)24)10-6-4-5-7-14(10)25-2/h4-7,11-12H,3,8-9H2,1-2H3,(H2,19,20)(H,23,24)/t11-,12+/m0/s1. The van der Waals surface area contributed by atoms with Crippen molar-refractivity contribution in [2.24, 2.45) is 5.92 Å². The predicted molar refractivity (Wildman–Crippen MR) is 98.7 cm³/mol. The Balaban J connectivity index is 1.92. The third-order valence-corrected chi connectivity index (χ3v) is 5.62. The number of anilines is 1. The number of likely N-dealkylation sites (tertiary alicyclic amines) is 1. The largest absolute Gasteiger partial charge is 0.496 e. The number of nitrogens with two attached hydrogens (primary N) is 1. The van der Waals surface area contributed by atoms with Crippen molar-refractivity contribution in [2.45, 2.75) is 19.3 Å². The molecule has 3 rings (SSSR count). The zero-order chi connectivity index (χ0) is 18.8. The molecule has 0 aliphatic carbocycles. The van der Waals surface area contributed by atoms with E-state index in [4.69, 9.17) is 10.5 Å². The highest BCUT2D eigenvalue weighted by Crippen LogP contribution is 2.38. The Hall–Kier alpha value is -2.61. The summed E-state index contributed by atoms with van der Waals surface area (Å²) >= 11 is 1.15. The molecule has 1 fully saturated rings. The van der Waals surface area contributed by atoms with Gasteiger partial charge >= 0.3 is 5.97 Å². The van der Waals surface area contributed by atoms with Crippen LogP contribution >= 0.6 is 11.3 Å². The monoisotopic (exact) mass is 375 g/mol. The number of benzene rings is 1. The van der Waals surface area contributed by atoms with E-state index in [1.807, 2.05) is 25.1 Å². The molecule has 7 nitrogen and oxygen atoms in total. The zero-order valence-electron chi connectivity index (χ0n) is 14.6. The number of hydrogen-bond donors (Lipinski definition) is 2. The summed E-state index contributed by atoms with van der Waals surface area (Å²) in [6, 6.07) is 7.34. The van der Waals surface area contributed by atoms with Gasteiger partial charge in [-0.15, -0.1) is 0 Å². The average Bonchev–Trinajstić information content (AvgIpc) is 3.24. The first-order valence-corrected chi connectivity index (χ1v) is 9.18. The van der Waals surface area contributed by atoms with Gasteiger partial charge < -0.3 is 20.5 Å². The molecule has 2 aromatic rings. The number of carbonyl (C=O) groups excluding carboxylic acids is 1. The molecule has 1 aliphatic heterocycles. The molecule has 3 N–H and O–H groups in total. The number of rotatable bonds is 5. The van der Waals surface area contributed by atoms with Crippen LogP contribution in [0.15, 0.2) is 24.3 Å². The number of amides is 1. The van der Waals surface area contributed by atoms with Gasteiger partial charge in [-0.1, -0.05) is 36.5 Å². The van der Waals surface area contributed by atoms with Gasteiger partial charge in [0.1, 0.15) is 10.6 Å². The highest BCUT2D eigenvalue weighted by atomic mass is 32.1. The predicted octanol–water partition coefficient (Wildman–Crippen LogP) is 2.24. The molecule has 1 amide bonds. The van der Waals surface area contributed by atoms with Gasteiger partial charge in [-0.3, -0.25) is 9.59 Å². The van der Waals surface area contributed by atoms with Crippen molar-refractivity contribution in [1.29, 1.82) is 0 Å². The summed E-state index contributed by atoms with van der Waals surface area (Å²) in [6.07, 6.45) is 0.598. The minimum absolute atomic E-state index is 0.151. The first kappa shape index (κ1) is 18.2. The van der Waals surface area contributed by atoms with Crippen molar-refractivity contribution in [3.05, 3.63) is 40.4 Å². The van der Waals surface area contributed by atoms with Crippen LogP contribution < -0.4 is 10.5 Å². The minimum atomic E-state index is -0.921. The Morgan fingerprint density at radius 3 is 2.77 bits per heavy atom. The number of aryl methyl sites for hydroxylation is 1. The highest BCUT2D eigenvalue weighted by Gasteiger charge is 2.42. The Morgan fingerprint density at radius 1 is 1.38 bits per heavy atom. The van der Waals surface area contributed by atoms with Crippen LogP contribution in [0.5, 0.6) is 5.75 Å². The van der Waals surface area contributed by atoms with Crippen LogP contribution in [0.4, 0.5) is 5.13 Å². The summed E-state index contributed by atoms with van der Waals surface area (Å²) in [4.78, 5) is 31.0. The van der Waals surface area contributed by atoms with Crippen molar-refractivity contribution in [3.63, 3.8) is 0 Å². The maximum atomic E-state index is 13.0. The second-order valence-corrected chi connectivity index (χ2v) is 7.22. The molecular weight excluding hydrogens is 354 g/mol. The number of methoxy groups -OCH3 is 1. The van der Waals surface area contributed by atoms with Crippen molar-refractivity contribution < 1.29 is 19.4 Å². The van der Waals surface area contributed by atoms with E-state index in [1.54, 1.807) is 18.1 Å². The van der Waals surface area contributed by atoms with E-state index in [-0.39, 0.29) is 18.4 Å². The lowest BCUT2D eigenvalue weighted by atomic mass is 9.88. The van der Waals surface area contributed by atoms with Gasteiger partial charge in [-0.05, 0) is 18.1 Å². The van der Waals surface area contributed by atoms with Gasteiger partial charge in [0.05, 0.1) is 18.7 Å². The smallest absolute Gasteiger partial charge is 0.308 e. The maximum Gasteiger partial charge on any atom is 0.308 e. The van der Waals surface area contributed by atoms with E-state index in [1.165, 1.54) is 0 Å². The lowest BCUT2D eigenvalue weighted by molar-refractivity contribution is -0.141. The number of hydrogen-bond acceptors (Lipinski definition) is 6. The van der Waals surface area contributed by atoms with Gasteiger partial charge in [0, 0.05) is 19.0 Å². The van der Waals surface area contributed by atoms with E-state index in [2.05, 4.69) is 4.98 Å². The fourth-order valence-corrected chi connectivity index (χ4v) is 4.32. The van der Waals surface area contributed by atoms with Crippen LogP contribution in [-0.4, -0.2) is 47.1 Å². The fraction of sp³-hybridized carbons (Fsp3) is 0.389. The molecular formula is C18H21N3O4S. The molecule has 26 heavy (non-hydrogen) atoms. The summed E-state index contributed by atoms with van der Waals surface area (Å²) in [6.45, 7) is 2.38. The Labute approximate surface area is 155 Å². The van der Waals surface area contributed by atoms with Gasteiger partial charge in [0.2, 0.25) is 0 Å². The number of carboxylic acid groups (broad SMARTS) is 1. The molecule has 1 aromatic heterocycles. The molecule has 2 heterocycles. The van der Waals surface area contributed by atoms with E-state index in [0.717, 1.165) is 16.9 Å². The number of nitrogens with zero attached hydrogens (tertiary/aromatic N) is 2. The van der Waals surface area contributed by atoms with Crippen LogP contribution in [-0.2, 0) is 11.2 Å². The van der Waals surface area contributed by atoms with Gasteiger partial charge in [-0.2, -0.15) is 0 Å². The molecule has 0 saturated carbocycles. The molecule has 1 aliphatic rings. The molecule has 1 saturated heterocycles. The maximum absolute atomic E-state index is 13.0. The van der Waals surface area contributed by atoms with E-state index in [0.29, 0.717) is 34.4 Å². The van der Waals surface area contributed by atoms with Crippen molar-refractivity contribution in [2.75, 3.05) is 25.9 Å². The third kappa shape index (κ3) is 3.24. The summed E-state index contributed by atoms with van der Waals surface area (Å²) in [5.41, 5.74) is 7.21. The van der Waals surface area contributed by atoms with Crippen molar-refractivity contribution in [1.82, 2.24) is 9.88 Å². The molecule has 0 radical (unpaired) electrons. The first-order valence-electron chi connectivity index (χ1n) is 8.36. The van der Waals surface area contributed by atoms with Crippen molar-refractivity contribution in [3.8, 4) is 5.75 Å². The van der Waals surface area contributed by atoms with Crippen LogP contribution in [0, 0.1) is 5.92 Å². The number of nitrogen functional groups attached to an aromatic ring is 1. The Bertz CT molecular complexity index is 836. The zero-order valence-corrected chi connectivity index (χ0v) is 15.5. The number of ether oxygens (including phenoxy) is 1. The van der Waals surface area contributed by atoms with Crippen LogP contribution in [0.1, 0.15) is 33.8 Å². The van der Waals surface area contributed by atoms with Crippen molar-refractivity contribution >= 4 is 28.3 Å². The molecule has 0 spiro atoms. The molecule has 0 bridgehead atoms. The van der Waals surface area contributed by atoms with E-state index >= 15 is 0 Å². The van der Waals surface area contributed by atoms with Crippen LogP contribution in [0.2, 0.25) is 0 Å². The lowest BCUT2D eigenvalue weighted by Gasteiger charge is -2.18. The Kier molecular flexibility index (Phi) is 5.13. The number of aromatic nitrogens is 1. The van der Waals surface area contributed by atoms with Gasteiger partial charge in [-0.25, -0.2) is 4.98 Å². The minimum Gasteiger partial charge on any atom is -0.496 e. The van der Waals surface area contributed by atoms with Gasteiger partial charge in [0.15, 0.2) is 5.13 Å². The molecule has 1 aromatic carbocycles. The number of aliphatic carboxylic acids is 1. The third-order valence-electron chi connectivity index (χ3n) is 4.71. The number of thiazole rings is 1. The summed E-state index contributed by atoms with van der Waals surface area (Å²) in [5.74, 6) is -1.52. The van der Waals surface area contributed by atoms with Gasteiger partial charge in [0.25, 0.3) is 5.91 Å². The molecule has 8 heteroatoms. The van der Waals surface area contributed by atoms with E-state index < -0.39 is 11.9 Å². The summed E-state index contributed by atoms with van der Waals surface area (Å²) in [7, 11) is 1.56. The van der Waals surface area contributed by atoms with E-state index in [9.17, 15) is 14.7 Å². The van der Waals surface area contributed by atoms with Crippen LogP contribution in [0.25, 0.3) is 0 Å². The number of para-hydroxylation sites is 1. The second-order valence-electron chi connectivity index (χ2n) is 6.18. The topological polar surface area (TPSA) is 106 Å². The number of carboxylic acids is 1. The Morgan fingerprint density at radius 2 is 2.12 bits per heavy atom. The second kappa shape index (κ2) is 7.33. The SMILES string of the molecule is CCc1nc(N)sc1C(=O)N1C[C@@H](C(=O)O)[C@H](c2ccccc2OC)C1. The molecule has 2 atom stereocenters. The fourth-order valence-electron chi connectivity index (χ4n) is 3.43. The normalized spacial score (nSPS) is 19.5. The summed E-state index contributed by atoms with van der Waals surface area (Å²) in [5, 5.41) is 10.0. The molecule has 138 valence electrons. The quantitative estimate of drug-likeness (QED) is 0.830. The first-order chi connectivity index (χ1) is 12.5.